The number of likely N-dealkylation sites (N-methyl/N-ethyl adjacent to an activating group) is 1. The predicted octanol–water partition coefficient (Wildman–Crippen LogP) is 5.20. The molecule has 2 aromatic carbocycles. The Balaban J connectivity index is 2.02. The van der Waals surface area contributed by atoms with E-state index in [9.17, 15) is 26.7 Å². The molecule has 0 spiro atoms. The molecule has 1 N–H and O–H groups in total. The van der Waals surface area contributed by atoms with Crippen LogP contribution in [0.2, 0.25) is 0 Å². The maximum atomic E-state index is 14.9. The first-order chi connectivity index (χ1) is 14.1. The van der Waals surface area contributed by atoms with Crippen LogP contribution in [-0.2, 0) is 0 Å². The minimum absolute atomic E-state index is 0.0830. The number of piperazine rings is 1. The zero-order chi connectivity index (χ0) is 22.2. The molecule has 0 bridgehead atoms. The molecule has 1 amide bonds. The summed E-state index contributed by atoms with van der Waals surface area (Å²) < 4.78 is 68.5. The summed E-state index contributed by atoms with van der Waals surface area (Å²) in [4.78, 5) is 16.5. The second-order valence-electron chi connectivity index (χ2n) is 7.14. The Morgan fingerprint density at radius 1 is 1.20 bits per heavy atom. The van der Waals surface area contributed by atoms with Gasteiger partial charge in [-0.2, -0.15) is 0 Å². The van der Waals surface area contributed by atoms with Gasteiger partial charge >= 0.3 is 0 Å². The van der Waals surface area contributed by atoms with Crippen molar-refractivity contribution < 1.29 is 26.7 Å². The number of halogens is 6. The van der Waals surface area contributed by atoms with Crippen molar-refractivity contribution in [2.45, 2.75) is 19.4 Å². The Labute approximate surface area is 178 Å². The monoisotopic (exact) mass is 491 g/mol. The van der Waals surface area contributed by atoms with Crippen LogP contribution in [0, 0.1) is 17.5 Å². The van der Waals surface area contributed by atoms with Gasteiger partial charge in [0.15, 0.2) is 5.82 Å². The number of nitrogens with zero attached hydrogens (tertiary/aromatic N) is 2. The van der Waals surface area contributed by atoms with Gasteiger partial charge in [0.05, 0.1) is 10.2 Å². The van der Waals surface area contributed by atoms with Crippen LogP contribution in [0.4, 0.5) is 33.3 Å². The molecule has 1 atom stereocenters. The average Bonchev–Trinajstić information content (AvgIpc) is 2.70. The lowest BCUT2D eigenvalue weighted by Gasteiger charge is -2.39. The molecule has 1 aliphatic rings. The fraction of sp³-hybridized carbons (Fsp3) is 0.350. The van der Waals surface area contributed by atoms with Crippen molar-refractivity contribution in [1.82, 2.24) is 4.90 Å². The van der Waals surface area contributed by atoms with Crippen LogP contribution in [0.25, 0.3) is 0 Å². The summed E-state index contributed by atoms with van der Waals surface area (Å²) >= 11 is 2.81. The van der Waals surface area contributed by atoms with Gasteiger partial charge in [0.25, 0.3) is 12.3 Å². The third-order valence-electron chi connectivity index (χ3n) is 5.17. The van der Waals surface area contributed by atoms with Crippen LogP contribution in [0.3, 0.4) is 0 Å². The fourth-order valence-corrected chi connectivity index (χ4v) is 3.63. The number of carbonyl (C=O) groups excluding carboxylic acids is 1. The van der Waals surface area contributed by atoms with Gasteiger partial charge in [-0.1, -0.05) is 0 Å². The molecule has 10 heteroatoms. The number of hydrogen-bond acceptors (Lipinski definition) is 3. The number of carbonyl (C=O) groups is 1. The van der Waals surface area contributed by atoms with Gasteiger partial charge < -0.3 is 15.1 Å². The normalized spacial score (nSPS) is 17.5. The Kier molecular flexibility index (Phi) is 6.66. The van der Waals surface area contributed by atoms with Gasteiger partial charge in [0, 0.05) is 42.9 Å². The number of alkyl halides is 2. The van der Waals surface area contributed by atoms with Crippen molar-refractivity contribution >= 4 is 33.2 Å². The summed E-state index contributed by atoms with van der Waals surface area (Å²) in [5, 5.41) is 2.28. The fourth-order valence-electron chi connectivity index (χ4n) is 3.32. The van der Waals surface area contributed by atoms with Gasteiger partial charge in [-0.05, 0) is 48.1 Å². The predicted molar refractivity (Wildman–Crippen MR) is 108 cm³/mol. The van der Waals surface area contributed by atoms with E-state index >= 15 is 0 Å². The summed E-state index contributed by atoms with van der Waals surface area (Å²) in [5.41, 5.74) is -1.55. The molecule has 0 aliphatic carbocycles. The molecule has 4 nitrogen and oxygen atoms in total. The highest BCUT2D eigenvalue weighted by molar-refractivity contribution is 9.10. The van der Waals surface area contributed by atoms with Crippen molar-refractivity contribution in [2.24, 2.45) is 0 Å². The summed E-state index contributed by atoms with van der Waals surface area (Å²) in [5.74, 6) is -3.90. The van der Waals surface area contributed by atoms with Gasteiger partial charge in [0.2, 0.25) is 0 Å². The lowest BCUT2D eigenvalue weighted by Crippen LogP contribution is -2.50. The highest BCUT2D eigenvalue weighted by Gasteiger charge is 2.28. The largest absolute Gasteiger partial charge is 0.367 e. The molecular weight excluding hydrogens is 473 g/mol. The molecule has 0 aromatic heterocycles. The molecule has 1 fully saturated rings. The van der Waals surface area contributed by atoms with Gasteiger partial charge in [-0.3, -0.25) is 4.79 Å². The van der Waals surface area contributed by atoms with E-state index in [-0.39, 0.29) is 17.4 Å². The van der Waals surface area contributed by atoms with Crippen LogP contribution in [0.1, 0.15) is 29.3 Å². The Hall–Kier alpha value is -2.20. The molecule has 162 valence electrons. The van der Waals surface area contributed by atoms with Crippen LogP contribution < -0.4 is 10.2 Å². The number of rotatable bonds is 4. The topological polar surface area (TPSA) is 35.6 Å². The average molecular weight is 492 g/mol. The first-order valence-electron chi connectivity index (χ1n) is 9.11. The van der Waals surface area contributed by atoms with E-state index < -0.39 is 45.4 Å². The minimum Gasteiger partial charge on any atom is -0.367 e. The highest BCUT2D eigenvalue weighted by Crippen LogP contribution is 2.37. The zero-order valence-electron chi connectivity index (χ0n) is 16.2. The van der Waals surface area contributed by atoms with E-state index in [4.69, 9.17) is 0 Å². The molecule has 1 heterocycles. The van der Waals surface area contributed by atoms with Crippen molar-refractivity contribution in [3.63, 3.8) is 0 Å². The lowest BCUT2D eigenvalue weighted by molar-refractivity contribution is 0.101. The molecule has 3 rings (SSSR count). The van der Waals surface area contributed by atoms with Gasteiger partial charge in [-0.15, -0.1) is 0 Å². The minimum atomic E-state index is -3.11. The summed E-state index contributed by atoms with van der Waals surface area (Å²) in [6, 6.07) is 3.49. The van der Waals surface area contributed by atoms with E-state index in [1.807, 2.05) is 14.0 Å². The Morgan fingerprint density at radius 3 is 2.53 bits per heavy atom. The maximum absolute atomic E-state index is 14.9. The van der Waals surface area contributed by atoms with Gasteiger partial charge in [0.1, 0.15) is 17.3 Å². The van der Waals surface area contributed by atoms with Crippen molar-refractivity contribution in [1.29, 1.82) is 0 Å². The molecule has 0 saturated carbocycles. The second-order valence-corrected chi connectivity index (χ2v) is 7.94. The quantitative estimate of drug-likeness (QED) is 0.471. The molecule has 1 saturated heterocycles. The SMILES string of the molecule is C[C@H]1CN(c2cc(F)c(Br)c(F)c2NC(=O)c2ccc(F)cc2C(F)F)CCN1C. The van der Waals surface area contributed by atoms with Crippen LogP contribution in [0.15, 0.2) is 28.7 Å². The van der Waals surface area contributed by atoms with Crippen LogP contribution in [0.5, 0.6) is 0 Å². The zero-order valence-corrected chi connectivity index (χ0v) is 17.7. The van der Waals surface area contributed by atoms with E-state index in [2.05, 4.69) is 26.1 Å². The van der Waals surface area contributed by atoms with E-state index in [0.29, 0.717) is 25.7 Å². The number of benzene rings is 2. The number of amides is 1. The molecule has 1 aliphatic heterocycles. The van der Waals surface area contributed by atoms with Crippen molar-refractivity contribution in [2.75, 3.05) is 36.9 Å². The van der Waals surface area contributed by atoms with E-state index in [1.165, 1.54) is 0 Å². The first kappa shape index (κ1) is 22.5. The second kappa shape index (κ2) is 8.89. The third kappa shape index (κ3) is 4.44. The van der Waals surface area contributed by atoms with Crippen LogP contribution >= 0.6 is 15.9 Å². The lowest BCUT2D eigenvalue weighted by atomic mass is 10.1. The molecular formula is C20H19BrF5N3O. The Bertz CT molecular complexity index is 972. The first-order valence-corrected chi connectivity index (χ1v) is 9.91. The standard InChI is InChI=1S/C20H19BrF5N3O/c1-10-9-29(6-5-28(10)2)15-8-14(23)16(21)17(24)18(15)27-20(30)12-4-3-11(22)7-13(12)19(25)26/h3-4,7-8,10,19H,5-6,9H2,1-2H3,(H,27,30)/t10-/m0/s1. The smallest absolute Gasteiger partial charge is 0.264 e. The van der Waals surface area contributed by atoms with Crippen molar-refractivity contribution in [3.8, 4) is 0 Å². The van der Waals surface area contributed by atoms with Gasteiger partial charge in [-0.25, -0.2) is 22.0 Å². The summed E-state index contributed by atoms with van der Waals surface area (Å²) in [7, 11) is 1.92. The number of anilines is 2. The number of nitrogens with one attached hydrogen (secondary N) is 1. The summed E-state index contributed by atoms with van der Waals surface area (Å²) in [6.07, 6.45) is -3.11. The van der Waals surface area contributed by atoms with Crippen molar-refractivity contribution in [3.05, 3.63) is 57.3 Å². The molecule has 2 aromatic rings. The van der Waals surface area contributed by atoms with E-state index in [0.717, 1.165) is 18.2 Å². The molecule has 0 radical (unpaired) electrons. The maximum Gasteiger partial charge on any atom is 0.264 e. The number of hydrogen-bond donors (Lipinski definition) is 1. The molecule has 30 heavy (non-hydrogen) atoms. The molecule has 0 unspecified atom stereocenters. The van der Waals surface area contributed by atoms with E-state index in [1.54, 1.807) is 4.90 Å². The van der Waals surface area contributed by atoms with Crippen LogP contribution in [-0.4, -0.2) is 43.5 Å². The Morgan fingerprint density at radius 2 is 1.90 bits per heavy atom. The summed E-state index contributed by atoms with van der Waals surface area (Å²) in [6.45, 7) is 3.46. The third-order valence-corrected chi connectivity index (χ3v) is 5.90. The highest BCUT2D eigenvalue weighted by atomic mass is 79.9.